The molecule has 9 nitrogen and oxygen atoms in total. The third-order valence-corrected chi connectivity index (χ3v) is 6.92. The van der Waals surface area contributed by atoms with Crippen LogP contribution in [0.25, 0.3) is 6.08 Å². The van der Waals surface area contributed by atoms with E-state index in [9.17, 15) is 4.79 Å². The third kappa shape index (κ3) is 4.84. The molecule has 0 unspecified atom stereocenters. The van der Waals surface area contributed by atoms with Gasteiger partial charge in [-0.1, -0.05) is 12.7 Å². The van der Waals surface area contributed by atoms with Crippen molar-refractivity contribution in [3.63, 3.8) is 0 Å². The normalized spacial score (nSPS) is 20.3. The van der Waals surface area contributed by atoms with Crippen LogP contribution in [0.1, 0.15) is 49.3 Å². The van der Waals surface area contributed by atoms with Gasteiger partial charge in [0, 0.05) is 32.7 Å². The molecule has 1 amide bonds. The Hall–Kier alpha value is -3.20. The van der Waals surface area contributed by atoms with Crippen LogP contribution in [-0.4, -0.2) is 65.4 Å². The number of ether oxygens (including phenoxy) is 1. The summed E-state index contributed by atoms with van der Waals surface area (Å²) in [7, 11) is 1.64. The molecule has 2 aromatic heterocycles. The number of carbonyl (C=O) groups excluding carboxylic acids is 1. The number of hydrogen-bond donors (Lipinski definition) is 2. The molecule has 1 saturated heterocycles. The second kappa shape index (κ2) is 9.58. The molecule has 0 bridgehead atoms. The standard InChI is InChI=1S/C25H33N7O2/c1-3-16-12-22(30-27-14-16)28-20-13-19(26)25(29-24(20)18-6-7-18)31-9-10-32(23(33)8-11-34-2)21(15-31)17-4-5-17/h3,12-14,17-18,21H,1,4-11,15,26H2,2H3,(H,28,30)/t21-/m0/s1. The molecule has 2 aromatic rings. The van der Waals surface area contributed by atoms with Crippen molar-refractivity contribution in [2.75, 3.05) is 49.3 Å². The minimum Gasteiger partial charge on any atom is -0.396 e. The molecular weight excluding hydrogens is 430 g/mol. The number of aromatic nitrogens is 3. The van der Waals surface area contributed by atoms with Crippen LogP contribution in [-0.2, 0) is 9.53 Å². The molecule has 0 aromatic carbocycles. The van der Waals surface area contributed by atoms with E-state index in [0.29, 0.717) is 42.9 Å². The summed E-state index contributed by atoms with van der Waals surface area (Å²) in [4.78, 5) is 22.2. The summed E-state index contributed by atoms with van der Waals surface area (Å²) in [5.41, 5.74) is 9.99. The average molecular weight is 464 g/mol. The monoisotopic (exact) mass is 463 g/mol. The van der Waals surface area contributed by atoms with Crippen molar-refractivity contribution >= 4 is 35.0 Å². The Morgan fingerprint density at radius 2 is 2.12 bits per heavy atom. The highest BCUT2D eigenvalue weighted by atomic mass is 16.5. The first-order valence-electron chi connectivity index (χ1n) is 12.1. The van der Waals surface area contributed by atoms with Crippen LogP contribution < -0.4 is 16.0 Å². The van der Waals surface area contributed by atoms with Gasteiger partial charge in [0.25, 0.3) is 0 Å². The summed E-state index contributed by atoms with van der Waals surface area (Å²) in [6.07, 6.45) is 8.44. The summed E-state index contributed by atoms with van der Waals surface area (Å²) in [5.74, 6) is 2.64. The van der Waals surface area contributed by atoms with Crippen LogP contribution in [0.3, 0.4) is 0 Å². The zero-order chi connectivity index (χ0) is 23.7. The maximum Gasteiger partial charge on any atom is 0.225 e. The molecule has 5 rings (SSSR count). The van der Waals surface area contributed by atoms with E-state index in [1.807, 2.05) is 12.1 Å². The SMILES string of the molecule is C=Cc1cnnc(Nc2cc(N)c(N3CCN(C(=O)CCOC)[C@H](C4CC4)C3)nc2C2CC2)c1. The summed E-state index contributed by atoms with van der Waals surface area (Å²) in [6.45, 7) is 6.45. The summed E-state index contributed by atoms with van der Waals surface area (Å²) < 4.78 is 5.13. The third-order valence-electron chi connectivity index (χ3n) is 6.92. The molecular formula is C25H33N7O2. The van der Waals surface area contributed by atoms with E-state index in [2.05, 4.69) is 31.9 Å². The van der Waals surface area contributed by atoms with Crippen molar-refractivity contribution in [1.82, 2.24) is 20.1 Å². The smallest absolute Gasteiger partial charge is 0.225 e. The average Bonchev–Trinajstić information content (AvgIpc) is 3.76. The van der Waals surface area contributed by atoms with Crippen LogP contribution in [0.2, 0.25) is 0 Å². The number of rotatable bonds is 9. The van der Waals surface area contributed by atoms with Gasteiger partial charge in [0.05, 0.1) is 42.3 Å². The second-order valence-corrected chi connectivity index (χ2v) is 9.49. The van der Waals surface area contributed by atoms with E-state index < -0.39 is 0 Å². The Bertz CT molecular complexity index is 1070. The summed E-state index contributed by atoms with van der Waals surface area (Å²) in [6, 6.07) is 4.08. The fourth-order valence-corrected chi connectivity index (χ4v) is 4.78. The Kier molecular flexibility index (Phi) is 6.36. The van der Waals surface area contributed by atoms with Gasteiger partial charge in [0.15, 0.2) is 11.6 Å². The molecule has 1 atom stereocenters. The zero-order valence-corrected chi connectivity index (χ0v) is 19.7. The number of nitrogens with zero attached hydrogens (tertiary/aromatic N) is 5. The maximum atomic E-state index is 12.8. The topological polar surface area (TPSA) is 110 Å². The van der Waals surface area contributed by atoms with Gasteiger partial charge in [0.1, 0.15) is 0 Å². The Balaban J connectivity index is 1.38. The van der Waals surface area contributed by atoms with Crippen LogP contribution in [0, 0.1) is 5.92 Å². The van der Waals surface area contributed by atoms with Crippen LogP contribution in [0.5, 0.6) is 0 Å². The fraction of sp³-hybridized carbons (Fsp3) is 0.520. The molecule has 3 fully saturated rings. The van der Waals surface area contributed by atoms with Crippen LogP contribution in [0.15, 0.2) is 24.9 Å². The predicted octanol–water partition coefficient (Wildman–Crippen LogP) is 3.18. The molecule has 180 valence electrons. The summed E-state index contributed by atoms with van der Waals surface area (Å²) in [5, 5.41) is 11.6. The van der Waals surface area contributed by atoms with Gasteiger partial charge < -0.3 is 25.6 Å². The van der Waals surface area contributed by atoms with Gasteiger partial charge in [0.2, 0.25) is 5.91 Å². The van der Waals surface area contributed by atoms with E-state index in [0.717, 1.165) is 48.7 Å². The largest absolute Gasteiger partial charge is 0.396 e. The van der Waals surface area contributed by atoms with Gasteiger partial charge >= 0.3 is 0 Å². The molecule has 3 heterocycles. The van der Waals surface area contributed by atoms with Crippen molar-refractivity contribution in [3.05, 3.63) is 36.2 Å². The van der Waals surface area contributed by atoms with Gasteiger partial charge in [-0.3, -0.25) is 4.79 Å². The highest BCUT2D eigenvalue weighted by Gasteiger charge is 2.41. The molecule has 34 heavy (non-hydrogen) atoms. The molecule has 0 radical (unpaired) electrons. The fourth-order valence-electron chi connectivity index (χ4n) is 4.78. The van der Waals surface area contributed by atoms with Gasteiger partial charge in [-0.15, -0.1) is 5.10 Å². The Labute approximate surface area is 200 Å². The number of anilines is 4. The molecule has 0 spiro atoms. The molecule has 3 N–H and O–H groups in total. The maximum absolute atomic E-state index is 12.8. The van der Waals surface area contributed by atoms with E-state index in [1.54, 1.807) is 19.4 Å². The number of nitrogens with one attached hydrogen (secondary N) is 1. The second-order valence-electron chi connectivity index (χ2n) is 9.49. The van der Waals surface area contributed by atoms with E-state index in [-0.39, 0.29) is 11.9 Å². The number of carbonyl (C=O) groups is 1. The van der Waals surface area contributed by atoms with Gasteiger partial charge in [-0.2, -0.15) is 5.10 Å². The quantitative estimate of drug-likeness (QED) is 0.584. The van der Waals surface area contributed by atoms with Crippen molar-refractivity contribution in [3.8, 4) is 0 Å². The van der Waals surface area contributed by atoms with Crippen molar-refractivity contribution in [2.24, 2.45) is 5.92 Å². The first-order valence-corrected chi connectivity index (χ1v) is 12.1. The number of piperazine rings is 1. The number of nitrogen functional groups attached to an aromatic ring is 1. The first kappa shape index (κ1) is 22.6. The number of methoxy groups -OCH3 is 1. The predicted molar refractivity (Wildman–Crippen MR) is 133 cm³/mol. The van der Waals surface area contributed by atoms with Crippen molar-refractivity contribution < 1.29 is 9.53 Å². The Morgan fingerprint density at radius 3 is 2.82 bits per heavy atom. The minimum atomic E-state index is 0.181. The highest BCUT2D eigenvalue weighted by molar-refractivity contribution is 5.78. The lowest BCUT2D eigenvalue weighted by atomic mass is 10.1. The summed E-state index contributed by atoms with van der Waals surface area (Å²) >= 11 is 0. The lowest BCUT2D eigenvalue weighted by Gasteiger charge is -2.42. The molecule has 9 heteroatoms. The Morgan fingerprint density at radius 1 is 1.29 bits per heavy atom. The molecule has 3 aliphatic rings. The van der Waals surface area contributed by atoms with Crippen LogP contribution in [0.4, 0.5) is 23.0 Å². The van der Waals surface area contributed by atoms with Crippen molar-refractivity contribution in [1.29, 1.82) is 0 Å². The van der Waals surface area contributed by atoms with E-state index in [1.165, 1.54) is 12.8 Å². The lowest BCUT2D eigenvalue weighted by Crippen LogP contribution is -2.56. The number of nitrogens with two attached hydrogens (primary N) is 1. The van der Waals surface area contributed by atoms with Crippen LogP contribution >= 0.6 is 0 Å². The molecule has 1 aliphatic heterocycles. The van der Waals surface area contributed by atoms with Gasteiger partial charge in [-0.25, -0.2) is 4.98 Å². The number of amides is 1. The molecule has 2 aliphatic carbocycles. The van der Waals surface area contributed by atoms with E-state index in [4.69, 9.17) is 15.5 Å². The van der Waals surface area contributed by atoms with E-state index >= 15 is 0 Å². The molecule has 2 saturated carbocycles. The van der Waals surface area contributed by atoms with Crippen molar-refractivity contribution in [2.45, 2.75) is 44.1 Å². The number of hydrogen-bond acceptors (Lipinski definition) is 8. The van der Waals surface area contributed by atoms with Gasteiger partial charge in [-0.05, 0) is 49.3 Å². The lowest BCUT2D eigenvalue weighted by molar-refractivity contribution is -0.135. The first-order chi connectivity index (χ1) is 16.6. The highest BCUT2D eigenvalue weighted by Crippen LogP contribution is 2.45. The minimum absolute atomic E-state index is 0.181. The number of pyridine rings is 1. The zero-order valence-electron chi connectivity index (χ0n) is 19.7.